The Balaban J connectivity index is 1.86. The highest BCUT2D eigenvalue weighted by molar-refractivity contribution is 5.95. The third-order valence-corrected chi connectivity index (χ3v) is 3.33. The van der Waals surface area contributed by atoms with Crippen LogP contribution in [0.1, 0.15) is 40.0 Å². The van der Waals surface area contributed by atoms with Crippen LogP contribution in [0.2, 0.25) is 0 Å². The third kappa shape index (κ3) is 3.75. The molecule has 2 aromatic heterocycles. The van der Waals surface area contributed by atoms with E-state index in [-0.39, 0.29) is 17.4 Å². The lowest BCUT2D eigenvalue weighted by atomic mass is 10.1. The third-order valence-electron chi connectivity index (χ3n) is 3.33. The van der Waals surface area contributed by atoms with Crippen molar-refractivity contribution in [3.05, 3.63) is 47.7 Å². The number of amides is 1. The molecule has 0 aromatic carbocycles. The van der Waals surface area contributed by atoms with E-state index in [4.69, 9.17) is 9.52 Å². The maximum atomic E-state index is 11.9. The second-order valence-electron chi connectivity index (χ2n) is 5.03. The van der Waals surface area contributed by atoms with Crippen LogP contribution in [0.5, 0.6) is 0 Å². The van der Waals surface area contributed by atoms with Crippen LogP contribution < -0.4 is 5.32 Å². The normalized spacial score (nSPS) is 12.1. The van der Waals surface area contributed by atoms with Gasteiger partial charge in [0.15, 0.2) is 5.76 Å². The van der Waals surface area contributed by atoms with Crippen LogP contribution in [0.15, 0.2) is 35.1 Å². The summed E-state index contributed by atoms with van der Waals surface area (Å²) in [4.78, 5) is 22.6. The molecule has 2 rings (SSSR count). The highest BCUT2D eigenvalue weighted by atomic mass is 16.4. The Labute approximate surface area is 122 Å². The first-order valence-corrected chi connectivity index (χ1v) is 6.70. The average Bonchev–Trinajstić information content (AvgIpc) is 3.05. The topological polar surface area (TPSA) is 84.5 Å². The predicted molar refractivity (Wildman–Crippen MR) is 76.3 cm³/mol. The van der Waals surface area contributed by atoms with E-state index < -0.39 is 11.9 Å². The van der Waals surface area contributed by atoms with E-state index in [0.717, 1.165) is 19.1 Å². The number of aryl methyl sites for hydroxylation is 2. The van der Waals surface area contributed by atoms with Crippen molar-refractivity contribution >= 4 is 11.9 Å². The van der Waals surface area contributed by atoms with Gasteiger partial charge in [0.05, 0.1) is 5.56 Å². The molecule has 21 heavy (non-hydrogen) atoms. The van der Waals surface area contributed by atoms with E-state index in [1.54, 1.807) is 0 Å². The summed E-state index contributed by atoms with van der Waals surface area (Å²) in [6.45, 7) is 1.90. The number of hydrogen-bond acceptors (Lipinski definition) is 3. The molecule has 1 amide bonds. The van der Waals surface area contributed by atoms with Gasteiger partial charge in [0, 0.05) is 31.0 Å². The van der Waals surface area contributed by atoms with Gasteiger partial charge < -0.3 is 19.4 Å². The molecule has 2 heterocycles. The largest absolute Gasteiger partial charge is 0.478 e. The smallest absolute Gasteiger partial charge is 0.338 e. The predicted octanol–water partition coefficient (Wildman–Crippen LogP) is 2.07. The Morgan fingerprint density at radius 3 is 2.81 bits per heavy atom. The van der Waals surface area contributed by atoms with E-state index in [1.807, 2.05) is 36.9 Å². The SMILES string of the molecule is CC(CCc1cccn1C)NC(=O)c1cc(C(=O)O)co1. The fourth-order valence-corrected chi connectivity index (χ4v) is 2.06. The van der Waals surface area contributed by atoms with E-state index in [0.29, 0.717) is 0 Å². The molecule has 0 bridgehead atoms. The first-order chi connectivity index (χ1) is 9.97. The molecule has 0 aliphatic heterocycles. The molecule has 0 aliphatic carbocycles. The second kappa shape index (κ2) is 6.30. The molecule has 6 nitrogen and oxygen atoms in total. The van der Waals surface area contributed by atoms with Crippen molar-refractivity contribution in [1.29, 1.82) is 0 Å². The number of nitrogens with zero attached hydrogens (tertiary/aromatic N) is 1. The molecule has 1 atom stereocenters. The highest BCUT2D eigenvalue weighted by Gasteiger charge is 2.16. The molecular weight excluding hydrogens is 272 g/mol. The average molecular weight is 290 g/mol. The van der Waals surface area contributed by atoms with Gasteiger partial charge in [-0.2, -0.15) is 0 Å². The molecule has 2 N–H and O–H groups in total. The quantitative estimate of drug-likeness (QED) is 0.853. The summed E-state index contributed by atoms with van der Waals surface area (Å²) in [6, 6.07) is 5.21. The van der Waals surface area contributed by atoms with E-state index in [9.17, 15) is 9.59 Å². The van der Waals surface area contributed by atoms with Crippen LogP contribution in [0.3, 0.4) is 0 Å². The monoisotopic (exact) mass is 290 g/mol. The van der Waals surface area contributed by atoms with Crippen LogP contribution >= 0.6 is 0 Å². The van der Waals surface area contributed by atoms with Crippen LogP contribution in [-0.2, 0) is 13.5 Å². The van der Waals surface area contributed by atoms with Crippen molar-refractivity contribution < 1.29 is 19.1 Å². The Bertz CT molecular complexity index is 642. The Kier molecular flexibility index (Phi) is 4.47. The first-order valence-electron chi connectivity index (χ1n) is 6.70. The van der Waals surface area contributed by atoms with Crippen molar-refractivity contribution in [1.82, 2.24) is 9.88 Å². The lowest BCUT2D eigenvalue weighted by Crippen LogP contribution is -2.32. The van der Waals surface area contributed by atoms with Gasteiger partial charge >= 0.3 is 5.97 Å². The highest BCUT2D eigenvalue weighted by Crippen LogP contribution is 2.09. The van der Waals surface area contributed by atoms with Crippen LogP contribution in [0.25, 0.3) is 0 Å². The summed E-state index contributed by atoms with van der Waals surface area (Å²) in [5.74, 6) is -1.51. The molecule has 0 saturated heterocycles. The zero-order valence-electron chi connectivity index (χ0n) is 12.0. The summed E-state index contributed by atoms with van der Waals surface area (Å²) in [5.41, 5.74) is 1.17. The van der Waals surface area contributed by atoms with Crippen LogP contribution in [0.4, 0.5) is 0 Å². The lowest BCUT2D eigenvalue weighted by molar-refractivity contribution is 0.0695. The molecule has 0 spiro atoms. The lowest BCUT2D eigenvalue weighted by Gasteiger charge is -2.13. The minimum atomic E-state index is -1.12. The van der Waals surface area contributed by atoms with Gasteiger partial charge in [0.1, 0.15) is 6.26 Å². The fraction of sp³-hybridized carbons (Fsp3) is 0.333. The molecule has 112 valence electrons. The molecule has 0 saturated carbocycles. The molecule has 0 aliphatic rings. The number of rotatable bonds is 6. The molecule has 6 heteroatoms. The molecule has 0 fully saturated rings. The number of aromatic nitrogens is 1. The van der Waals surface area contributed by atoms with E-state index >= 15 is 0 Å². The van der Waals surface area contributed by atoms with Crippen molar-refractivity contribution in [2.45, 2.75) is 25.8 Å². The minimum Gasteiger partial charge on any atom is -0.478 e. The second-order valence-corrected chi connectivity index (χ2v) is 5.03. The summed E-state index contributed by atoms with van der Waals surface area (Å²) in [7, 11) is 1.98. The van der Waals surface area contributed by atoms with Gasteiger partial charge in [0.2, 0.25) is 0 Å². The van der Waals surface area contributed by atoms with E-state index in [1.165, 1.54) is 11.8 Å². The van der Waals surface area contributed by atoms with Gasteiger partial charge in [-0.15, -0.1) is 0 Å². The number of carboxylic acid groups (broad SMARTS) is 1. The number of hydrogen-bond donors (Lipinski definition) is 2. The van der Waals surface area contributed by atoms with Gasteiger partial charge in [0.25, 0.3) is 5.91 Å². The van der Waals surface area contributed by atoms with Gasteiger partial charge in [-0.1, -0.05) is 0 Å². The molecule has 0 radical (unpaired) electrons. The van der Waals surface area contributed by atoms with Crippen LogP contribution in [0, 0.1) is 0 Å². The Morgan fingerprint density at radius 1 is 1.48 bits per heavy atom. The number of aromatic carboxylic acids is 1. The molecular formula is C15H18N2O4. The maximum Gasteiger partial charge on any atom is 0.338 e. The van der Waals surface area contributed by atoms with Crippen LogP contribution in [-0.4, -0.2) is 27.6 Å². The van der Waals surface area contributed by atoms with Gasteiger partial charge in [-0.3, -0.25) is 4.79 Å². The summed E-state index contributed by atoms with van der Waals surface area (Å²) >= 11 is 0. The van der Waals surface area contributed by atoms with Crippen molar-refractivity contribution in [3.63, 3.8) is 0 Å². The standard InChI is InChI=1S/C15H18N2O4/c1-10(5-6-12-4-3-7-17(12)2)16-14(18)13-8-11(9-21-13)15(19)20/h3-4,7-10H,5-6H2,1-2H3,(H,16,18)(H,19,20). The zero-order chi connectivity index (χ0) is 15.4. The molecule has 1 unspecified atom stereocenters. The summed E-state index contributed by atoms with van der Waals surface area (Å²) in [5, 5.41) is 11.6. The Hall–Kier alpha value is -2.50. The fourth-order valence-electron chi connectivity index (χ4n) is 2.06. The van der Waals surface area contributed by atoms with Crippen molar-refractivity contribution in [3.8, 4) is 0 Å². The number of carbonyl (C=O) groups excluding carboxylic acids is 1. The Morgan fingerprint density at radius 2 is 2.24 bits per heavy atom. The van der Waals surface area contributed by atoms with Gasteiger partial charge in [-0.25, -0.2) is 4.79 Å². The van der Waals surface area contributed by atoms with Crippen molar-refractivity contribution in [2.75, 3.05) is 0 Å². The number of nitrogens with one attached hydrogen (secondary N) is 1. The number of furan rings is 1. The van der Waals surface area contributed by atoms with Gasteiger partial charge in [-0.05, 0) is 31.9 Å². The number of carboxylic acids is 1. The molecule has 2 aromatic rings. The minimum absolute atomic E-state index is 0.0121. The summed E-state index contributed by atoms with van der Waals surface area (Å²) in [6.07, 6.45) is 4.68. The van der Waals surface area contributed by atoms with Crippen molar-refractivity contribution in [2.24, 2.45) is 7.05 Å². The first kappa shape index (κ1) is 14.9. The number of carbonyl (C=O) groups is 2. The zero-order valence-corrected chi connectivity index (χ0v) is 12.0. The van der Waals surface area contributed by atoms with E-state index in [2.05, 4.69) is 5.32 Å². The summed E-state index contributed by atoms with van der Waals surface area (Å²) < 4.78 is 7.00. The maximum absolute atomic E-state index is 11.9.